The lowest BCUT2D eigenvalue weighted by molar-refractivity contribution is 0.795. The molecule has 0 spiro atoms. The lowest BCUT2D eigenvalue weighted by Crippen LogP contribution is -2.06. The number of aryl methyl sites for hydroxylation is 1. The van der Waals surface area contributed by atoms with Crippen LogP contribution in [0.15, 0.2) is 53.0 Å². The van der Waals surface area contributed by atoms with E-state index in [1.54, 1.807) is 0 Å². The summed E-state index contributed by atoms with van der Waals surface area (Å²) in [6, 6.07) is 17.6. The molecule has 2 heteroatoms. The zero-order chi connectivity index (χ0) is 14.4. The fraction of sp³-hybridized carbons (Fsp3) is 0.333. The van der Waals surface area contributed by atoms with Gasteiger partial charge in [0.25, 0.3) is 0 Å². The number of hydrogen-bond donors (Lipinski definition) is 1. The Bertz CT molecular complexity index is 533. The Labute approximate surface area is 130 Å². The van der Waals surface area contributed by atoms with E-state index in [2.05, 4.69) is 83.6 Å². The molecule has 0 aliphatic heterocycles. The number of unbranched alkanes of at least 4 members (excludes halogenated alkanes) is 1. The van der Waals surface area contributed by atoms with Gasteiger partial charge >= 0.3 is 0 Å². The number of halogens is 1. The Balaban J connectivity index is 1.99. The summed E-state index contributed by atoms with van der Waals surface area (Å²) in [6.07, 6.45) is 3.69. The van der Waals surface area contributed by atoms with Gasteiger partial charge in [-0.1, -0.05) is 53.5 Å². The predicted octanol–water partition coefficient (Wildman–Crippen LogP) is 5.96. The third kappa shape index (κ3) is 4.38. The summed E-state index contributed by atoms with van der Waals surface area (Å²) in [5, 5.41) is 3.55. The van der Waals surface area contributed by atoms with E-state index in [0.717, 1.165) is 4.47 Å². The SMILES string of the molecule is CCCCc1ccc(NC(C)c2cccc(Br)c2)cc1. The Kier molecular flexibility index (Phi) is 5.66. The van der Waals surface area contributed by atoms with Crippen LogP contribution in [0, 0.1) is 0 Å². The van der Waals surface area contributed by atoms with Crippen molar-refractivity contribution in [1.29, 1.82) is 0 Å². The van der Waals surface area contributed by atoms with E-state index in [1.165, 1.54) is 36.1 Å². The minimum absolute atomic E-state index is 0.300. The molecule has 1 unspecified atom stereocenters. The highest BCUT2D eigenvalue weighted by molar-refractivity contribution is 9.10. The van der Waals surface area contributed by atoms with Crippen LogP contribution in [0.25, 0.3) is 0 Å². The smallest absolute Gasteiger partial charge is 0.0486 e. The standard InChI is InChI=1S/C18H22BrN/c1-3-4-6-15-9-11-18(12-10-15)20-14(2)16-7-5-8-17(19)13-16/h5,7-14,20H,3-4,6H2,1-2H3. The molecule has 0 saturated carbocycles. The van der Waals surface area contributed by atoms with Gasteiger partial charge in [0.1, 0.15) is 0 Å². The van der Waals surface area contributed by atoms with E-state index >= 15 is 0 Å². The number of anilines is 1. The Morgan fingerprint density at radius 2 is 1.85 bits per heavy atom. The van der Waals surface area contributed by atoms with Crippen molar-refractivity contribution < 1.29 is 0 Å². The van der Waals surface area contributed by atoms with Gasteiger partial charge in [0.15, 0.2) is 0 Å². The Hall–Kier alpha value is -1.28. The maximum Gasteiger partial charge on any atom is 0.0486 e. The first-order valence-corrected chi connectivity index (χ1v) is 8.09. The van der Waals surface area contributed by atoms with Gasteiger partial charge in [0.2, 0.25) is 0 Å². The van der Waals surface area contributed by atoms with Crippen molar-refractivity contribution in [1.82, 2.24) is 0 Å². The van der Waals surface area contributed by atoms with Crippen molar-refractivity contribution in [3.8, 4) is 0 Å². The second-order valence-corrected chi connectivity index (χ2v) is 6.14. The third-order valence-corrected chi connectivity index (χ3v) is 4.00. The van der Waals surface area contributed by atoms with Crippen LogP contribution in [0.4, 0.5) is 5.69 Å². The highest BCUT2D eigenvalue weighted by Gasteiger charge is 2.05. The first-order valence-electron chi connectivity index (χ1n) is 7.30. The molecule has 1 N–H and O–H groups in total. The summed E-state index contributed by atoms with van der Waals surface area (Å²) in [5.74, 6) is 0. The van der Waals surface area contributed by atoms with Crippen molar-refractivity contribution in [3.63, 3.8) is 0 Å². The van der Waals surface area contributed by atoms with Crippen LogP contribution in [0.5, 0.6) is 0 Å². The van der Waals surface area contributed by atoms with Crippen molar-refractivity contribution in [2.75, 3.05) is 5.32 Å². The average molecular weight is 332 g/mol. The summed E-state index contributed by atoms with van der Waals surface area (Å²) in [6.45, 7) is 4.42. The highest BCUT2D eigenvalue weighted by atomic mass is 79.9. The fourth-order valence-corrected chi connectivity index (χ4v) is 2.67. The quantitative estimate of drug-likeness (QED) is 0.688. The highest BCUT2D eigenvalue weighted by Crippen LogP contribution is 2.22. The molecular weight excluding hydrogens is 310 g/mol. The largest absolute Gasteiger partial charge is 0.379 e. The summed E-state index contributed by atoms with van der Waals surface area (Å²) in [7, 11) is 0. The lowest BCUT2D eigenvalue weighted by Gasteiger charge is -2.16. The van der Waals surface area contributed by atoms with Crippen LogP contribution < -0.4 is 5.32 Å². The van der Waals surface area contributed by atoms with Gasteiger partial charge in [0.05, 0.1) is 0 Å². The zero-order valence-electron chi connectivity index (χ0n) is 12.2. The molecule has 0 aliphatic rings. The Morgan fingerprint density at radius 1 is 1.10 bits per heavy atom. The van der Waals surface area contributed by atoms with Gasteiger partial charge in [-0.25, -0.2) is 0 Å². The molecule has 0 bridgehead atoms. The molecule has 0 aromatic heterocycles. The molecule has 0 fully saturated rings. The molecule has 0 heterocycles. The van der Waals surface area contributed by atoms with Gasteiger partial charge in [0, 0.05) is 16.2 Å². The number of rotatable bonds is 6. The molecule has 2 rings (SSSR count). The topological polar surface area (TPSA) is 12.0 Å². The van der Waals surface area contributed by atoms with Crippen LogP contribution in [-0.4, -0.2) is 0 Å². The van der Waals surface area contributed by atoms with E-state index < -0.39 is 0 Å². The van der Waals surface area contributed by atoms with Crippen molar-refractivity contribution in [2.45, 2.75) is 39.2 Å². The van der Waals surface area contributed by atoms with Crippen LogP contribution in [0.2, 0.25) is 0 Å². The molecule has 1 atom stereocenters. The average Bonchev–Trinajstić information content (AvgIpc) is 2.46. The molecule has 0 radical (unpaired) electrons. The molecule has 1 nitrogen and oxygen atoms in total. The number of benzene rings is 2. The van der Waals surface area contributed by atoms with Crippen LogP contribution in [0.1, 0.15) is 43.9 Å². The van der Waals surface area contributed by atoms with E-state index in [-0.39, 0.29) is 0 Å². The van der Waals surface area contributed by atoms with Gasteiger partial charge < -0.3 is 5.32 Å². The minimum Gasteiger partial charge on any atom is -0.379 e. The maximum atomic E-state index is 3.55. The van der Waals surface area contributed by atoms with Gasteiger partial charge in [-0.05, 0) is 55.2 Å². The van der Waals surface area contributed by atoms with Crippen molar-refractivity contribution in [3.05, 3.63) is 64.1 Å². The summed E-state index contributed by atoms with van der Waals surface area (Å²) >= 11 is 3.52. The molecular formula is C18H22BrN. The summed E-state index contributed by atoms with van der Waals surface area (Å²) in [4.78, 5) is 0. The van der Waals surface area contributed by atoms with E-state index in [0.29, 0.717) is 6.04 Å². The summed E-state index contributed by atoms with van der Waals surface area (Å²) < 4.78 is 1.12. The van der Waals surface area contributed by atoms with E-state index in [9.17, 15) is 0 Å². The van der Waals surface area contributed by atoms with Crippen molar-refractivity contribution >= 4 is 21.6 Å². The molecule has 0 amide bonds. The van der Waals surface area contributed by atoms with Gasteiger partial charge in [-0.3, -0.25) is 0 Å². The van der Waals surface area contributed by atoms with Gasteiger partial charge in [-0.15, -0.1) is 0 Å². The second kappa shape index (κ2) is 7.49. The fourth-order valence-electron chi connectivity index (χ4n) is 2.26. The van der Waals surface area contributed by atoms with Gasteiger partial charge in [-0.2, -0.15) is 0 Å². The van der Waals surface area contributed by atoms with E-state index in [1.807, 2.05) is 0 Å². The molecule has 0 saturated heterocycles. The monoisotopic (exact) mass is 331 g/mol. The molecule has 2 aromatic rings. The Morgan fingerprint density at radius 3 is 2.50 bits per heavy atom. The normalized spacial score (nSPS) is 12.2. The molecule has 106 valence electrons. The minimum atomic E-state index is 0.300. The predicted molar refractivity (Wildman–Crippen MR) is 91.2 cm³/mol. The van der Waals surface area contributed by atoms with Crippen LogP contribution >= 0.6 is 15.9 Å². The summed E-state index contributed by atoms with van der Waals surface area (Å²) in [5.41, 5.74) is 3.89. The number of hydrogen-bond acceptors (Lipinski definition) is 1. The lowest BCUT2D eigenvalue weighted by atomic mass is 10.1. The van der Waals surface area contributed by atoms with Crippen LogP contribution in [-0.2, 0) is 6.42 Å². The van der Waals surface area contributed by atoms with Crippen LogP contribution in [0.3, 0.4) is 0 Å². The second-order valence-electron chi connectivity index (χ2n) is 5.22. The zero-order valence-corrected chi connectivity index (χ0v) is 13.8. The van der Waals surface area contributed by atoms with Crippen molar-refractivity contribution in [2.24, 2.45) is 0 Å². The first kappa shape index (κ1) is 15.1. The molecule has 2 aromatic carbocycles. The molecule has 0 aliphatic carbocycles. The first-order chi connectivity index (χ1) is 9.69. The third-order valence-electron chi connectivity index (χ3n) is 3.50. The maximum absolute atomic E-state index is 3.55. The molecule has 20 heavy (non-hydrogen) atoms. The van der Waals surface area contributed by atoms with E-state index in [4.69, 9.17) is 0 Å². The number of nitrogens with one attached hydrogen (secondary N) is 1.